The Labute approximate surface area is 233 Å². The van der Waals surface area contributed by atoms with Crippen LogP contribution in [0.15, 0.2) is 76.5 Å². The first-order valence-corrected chi connectivity index (χ1v) is 15.5. The molecule has 0 aliphatic carbocycles. The molecule has 0 radical (unpaired) electrons. The molecule has 2 aliphatic heterocycles. The summed E-state index contributed by atoms with van der Waals surface area (Å²) in [7, 11) is -6.64. The third-order valence-corrected chi connectivity index (χ3v) is 10.3. The zero-order chi connectivity index (χ0) is 28.7. The fourth-order valence-electron chi connectivity index (χ4n) is 4.88. The summed E-state index contributed by atoms with van der Waals surface area (Å²) in [5.41, 5.74) is 2.00. The molecule has 1 amide bonds. The predicted octanol–water partition coefficient (Wildman–Crippen LogP) is 3.29. The molecular formula is C28H28N2O8S2. The van der Waals surface area contributed by atoms with E-state index in [0.29, 0.717) is 24.3 Å². The van der Waals surface area contributed by atoms with E-state index in [1.165, 1.54) is 39.5 Å². The summed E-state index contributed by atoms with van der Waals surface area (Å²) in [6, 6.07) is 16.6. The van der Waals surface area contributed by atoms with Crippen molar-refractivity contribution >= 4 is 37.5 Å². The van der Waals surface area contributed by atoms with E-state index in [0.717, 1.165) is 11.1 Å². The number of sulfonamides is 1. The van der Waals surface area contributed by atoms with Gasteiger partial charge < -0.3 is 9.64 Å². The molecule has 3 aromatic carbocycles. The van der Waals surface area contributed by atoms with E-state index in [-0.39, 0.29) is 35.1 Å². The average molecular weight is 585 g/mol. The van der Waals surface area contributed by atoms with Gasteiger partial charge in [-0.1, -0.05) is 29.8 Å². The molecule has 3 aromatic rings. The van der Waals surface area contributed by atoms with Crippen molar-refractivity contribution < 1.29 is 35.3 Å². The molecule has 0 unspecified atom stereocenters. The van der Waals surface area contributed by atoms with Crippen molar-refractivity contribution in [2.45, 2.75) is 42.1 Å². The fourth-order valence-corrected chi connectivity index (χ4v) is 7.53. The molecule has 10 nitrogen and oxygen atoms in total. The van der Waals surface area contributed by atoms with Crippen LogP contribution >= 0.6 is 0 Å². The number of amides is 1. The van der Waals surface area contributed by atoms with Crippen LogP contribution in [-0.2, 0) is 35.7 Å². The number of Topliss-reactive ketones (excluding diaryl/α,β-unsaturated/α-hetero) is 1. The smallest absolute Gasteiger partial charge is 0.299 e. The molecule has 5 rings (SSSR count). The number of aryl methyl sites for hydroxylation is 1. The molecule has 40 heavy (non-hydrogen) atoms. The number of carbonyl (C=O) groups excluding carboxylic acids is 2. The Morgan fingerprint density at radius 2 is 1.57 bits per heavy atom. The lowest BCUT2D eigenvalue weighted by atomic mass is 10.1. The number of anilines is 1. The van der Waals surface area contributed by atoms with Crippen molar-refractivity contribution in [3.05, 3.63) is 83.4 Å². The maximum Gasteiger partial charge on any atom is 0.299 e. The van der Waals surface area contributed by atoms with Gasteiger partial charge in [-0.2, -0.15) is 12.7 Å². The Morgan fingerprint density at radius 1 is 0.900 bits per heavy atom. The third kappa shape index (κ3) is 5.27. The quantitative estimate of drug-likeness (QED) is 0.277. The van der Waals surface area contributed by atoms with Gasteiger partial charge in [0.25, 0.3) is 21.8 Å². The highest BCUT2D eigenvalue weighted by atomic mass is 32.2. The van der Waals surface area contributed by atoms with Crippen LogP contribution in [-0.4, -0.2) is 59.1 Å². The third-order valence-electron chi connectivity index (χ3n) is 7.10. The number of hydrogen-bond acceptors (Lipinski definition) is 8. The van der Waals surface area contributed by atoms with Crippen molar-refractivity contribution in [3.8, 4) is 5.75 Å². The number of methoxy groups -OCH3 is 1. The van der Waals surface area contributed by atoms with Gasteiger partial charge in [0.15, 0.2) is 0 Å². The first kappa shape index (κ1) is 28.0. The van der Waals surface area contributed by atoms with Crippen molar-refractivity contribution in [2.75, 3.05) is 25.2 Å². The van der Waals surface area contributed by atoms with Gasteiger partial charge in [-0.25, -0.2) is 8.42 Å². The summed E-state index contributed by atoms with van der Waals surface area (Å²) in [4.78, 5) is 26.8. The van der Waals surface area contributed by atoms with Gasteiger partial charge in [0, 0.05) is 6.54 Å². The lowest BCUT2D eigenvalue weighted by Gasteiger charge is -2.24. The average Bonchev–Trinajstić information content (AvgIpc) is 3.52. The highest BCUT2D eigenvalue weighted by Crippen LogP contribution is 2.35. The zero-order valence-electron chi connectivity index (χ0n) is 21.9. The maximum absolute atomic E-state index is 13.6. The van der Waals surface area contributed by atoms with Gasteiger partial charge in [-0.15, -0.1) is 0 Å². The number of ether oxygens (including phenoxy) is 1. The summed E-state index contributed by atoms with van der Waals surface area (Å²) < 4.78 is 64.1. The van der Waals surface area contributed by atoms with Crippen LogP contribution in [0.1, 0.15) is 34.3 Å². The molecule has 2 aliphatic rings. The minimum Gasteiger partial charge on any atom is -0.497 e. The number of nitrogens with zero attached hydrogens (tertiary/aromatic N) is 2. The number of ketones is 1. The van der Waals surface area contributed by atoms with E-state index in [4.69, 9.17) is 8.92 Å². The molecule has 210 valence electrons. The second kappa shape index (κ2) is 10.8. The van der Waals surface area contributed by atoms with Crippen molar-refractivity contribution in [1.29, 1.82) is 0 Å². The van der Waals surface area contributed by atoms with Crippen LogP contribution in [0.2, 0.25) is 0 Å². The fraction of sp³-hybridized carbons (Fsp3) is 0.286. The summed E-state index contributed by atoms with van der Waals surface area (Å²) >= 11 is 0. The van der Waals surface area contributed by atoms with E-state index in [2.05, 4.69) is 0 Å². The molecule has 0 N–H and O–H groups in total. The molecule has 1 atom stereocenters. The first-order chi connectivity index (χ1) is 19.0. The molecule has 2 heterocycles. The topological polar surface area (TPSA) is 127 Å². The van der Waals surface area contributed by atoms with Gasteiger partial charge in [-0.3, -0.25) is 13.8 Å². The molecule has 0 spiro atoms. The number of hydrogen-bond donors (Lipinski definition) is 0. The predicted molar refractivity (Wildman–Crippen MR) is 146 cm³/mol. The maximum atomic E-state index is 13.6. The van der Waals surface area contributed by atoms with Crippen LogP contribution < -0.4 is 9.64 Å². The first-order valence-electron chi connectivity index (χ1n) is 12.6. The second-order valence-corrected chi connectivity index (χ2v) is 13.2. The largest absolute Gasteiger partial charge is 0.497 e. The van der Waals surface area contributed by atoms with Crippen molar-refractivity contribution in [3.63, 3.8) is 0 Å². The van der Waals surface area contributed by atoms with Gasteiger partial charge in [-0.05, 0) is 67.8 Å². The summed E-state index contributed by atoms with van der Waals surface area (Å²) in [6.07, 6.45) is 0.941. The Kier molecular flexibility index (Phi) is 7.53. The summed E-state index contributed by atoms with van der Waals surface area (Å²) in [5, 5.41) is 0. The Morgan fingerprint density at radius 3 is 2.25 bits per heavy atom. The van der Waals surface area contributed by atoms with E-state index < -0.39 is 37.9 Å². The monoisotopic (exact) mass is 584 g/mol. The SMILES string of the molecule is COc1ccc(CN2C(=O)C(=O)c3cc(S(=O)(=O)N4CCC[C@H]4COS(=O)(=O)c4ccc(C)cc4)ccc32)cc1. The molecular weight excluding hydrogens is 556 g/mol. The highest BCUT2D eigenvalue weighted by Gasteiger charge is 2.40. The van der Waals surface area contributed by atoms with E-state index in [1.54, 1.807) is 43.5 Å². The minimum atomic E-state index is -4.11. The van der Waals surface area contributed by atoms with E-state index >= 15 is 0 Å². The molecule has 1 fully saturated rings. The van der Waals surface area contributed by atoms with Crippen LogP contribution in [0.4, 0.5) is 5.69 Å². The highest BCUT2D eigenvalue weighted by molar-refractivity contribution is 7.89. The van der Waals surface area contributed by atoms with Crippen LogP contribution in [0.25, 0.3) is 0 Å². The minimum absolute atomic E-state index is 0.00787. The standard InChI is InChI=1S/C28H28N2O8S2/c1-19-5-11-23(12-6-19)40(35,36)38-18-21-4-3-15-30(21)39(33,34)24-13-14-26-25(16-24)27(31)28(32)29(26)17-20-7-9-22(37-2)10-8-20/h5-14,16,21H,3-4,15,17-18H2,1-2H3/t21-/m0/s1. The number of benzene rings is 3. The lowest BCUT2D eigenvalue weighted by Crippen LogP contribution is -2.38. The van der Waals surface area contributed by atoms with Gasteiger partial charge in [0.05, 0.1) is 47.3 Å². The van der Waals surface area contributed by atoms with Gasteiger partial charge in [0.2, 0.25) is 10.0 Å². The van der Waals surface area contributed by atoms with Crippen molar-refractivity contribution in [1.82, 2.24) is 4.31 Å². The van der Waals surface area contributed by atoms with Crippen LogP contribution in [0.3, 0.4) is 0 Å². The van der Waals surface area contributed by atoms with Crippen molar-refractivity contribution in [2.24, 2.45) is 0 Å². The molecule has 0 bridgehead atoms. The van der Waals surface area contributed by atoms with Crippen LogP contribution in [0, 0.1) is 6.92 Å². The molecule has 1 saturated heterocycles. The van der Waals surface area contributed by atoms with Crippen LogP contribution in [0.5, 0.6) is 5.75 Å². The lowest BCUT2D eigenvalue weighted by molar-refractivity contribution is -0.114. The number of rotatable bonds is 9. The van der Waals surface area contributed by atoms with E-state index in [1.807, 2.05) is 6.92 Å². The normalized spacial score (nSPS) is 17.9. The second-order valence-electron chi connectivity index (χ2n) is 9.71. The summed E-state index contributed by atoms with van der Waals surface area (Å²) in [5.74, 6) is -0.874. The molecule has 12 heteroatoms. The van der Waals surface area contributed by atoms with Gasteiger partial charge in [0.1, 0.15) is 5.75 Å². The van der Waals surface area contributed by atoms with Gasteiger partial charge >= 0.3 is 0 Å². The molecule has 0 aromatic heterocycles. The Bertz CT molecular complexity index is 1670. The molecule has 0 saturated carbocycles. The Balaban J connectivity index is 1.35. The number of fused-ring (bicyclic) bond motifs is 1. The number of carbonyl (C=O) groups is 2. The Hall–Kier alpha value is -3.58. The zero-order valence-corrected chi connectivity index (χ0v) is 23.6. The summed E-state index contributed by atoms with van der Waals surface area (Å²) in [6.45, 7) is 1.80. The van der Waals surface area contributed by atoms with E-state index in [9.17, 15) is 26.4 Å².